The van der Waals surface area contributed by atoms with E-state index in [9.17, 15) is 0 Å². The number of nitrogens with two attached hydrogens (primary N) is 1. The highest BCUT2D eigenvalue weighted by molar-refractivity contribution is 4.85. The molecule has 1 aromatic rings. The Kier molecular flexibility index (Phi) is 5.28. The first-order valence-electron chi connectivity index (χ1n) is 5.38. The van der Waals surface area contributed by atoms with Crippen molar-refractivity contribution in [2.45, 2.75) is 32.2 Å². The molecule has 0 aromatic carbocycles. The molecule has 0 radical (unpaired) electrons. The highest BCUT2D eigenvalue weighted by Gasteiger charge is 2.06. The molecule has 0 unspecified atom stereocenters. The molecule has 0 amide bonds. The normalized spacial score (nSPS) is 11.2. The molecule has 0 saturated carbocycles. The molecule has 0 aliphatic heterocycles. The zero-order chi connectivity index (χ0) is 11.1. The molecule has 1 heterocycles. The van der Waals surface area contributed by atoms with Crippen molar-refractivity contribution in [1.82, 2.24) is 15.0 Å². The van der Waals surface area contributed by atoms with Crippen LogP contribution in [0.4, 0.5) is 0 Å². The Morgan fingerprint density at radius 1 is 1.27 bits per heavy atom. The van der Waals surface area contributed by atoms with Gasteiger partial charge in [-0.25, -0.2) is 0 Å². The summed E-state index contributed by atoms with van der Waals surface area (Å²) in [5, 5.41) is 3.90. The van der Waals surface area contributed by atoms with Gasteiger partial charge in [-0.3, -0.25) is 0 Å². The predicted molar refractivity (Wildman–Crippen MR) is 58.3 cm³/mol. The molecule has 0 saturated heterocycles. The van der Waals surface area contributed by atoms with Crippen molar-refractivity contribution in [3.05, 3.63) is 11.7 Å². The van der Waals surface area contributed by atoms with Crippen LogP contribution in [-0.2, 0) is 13.0 Å². The third kappa shape index (κ3) is 4.90. The van der Waals surface area contributed by atoms with E-state index in [-0.39, 0.29) is 0 Å². The summed E-state index contributed by atoms with van der Waals surface area (Å²) in [6.07, 6.45) is 4.13. The second-order valence-corrected chi connectivity index (χ2v) is 3.94. The van der Waals surface area contributed by atoms with Crippen molar-refractivity contribution in [2.75, 3.05) is 20.6 Å². The fourth-order valence-electron chi connectivity index (χ4n) is 1.34. The number of aryl methyl sites for hydroxylation is 1. The van der Waals surface area contributed by atoms with Gasteiger partial charge in [-0.05, 0) is 33.5 Å². The summed E-state index contributed by atoms with van der Waals surface area (Å²) in [5.74, 6) is 1.50. The Balaban J connectivity index is 2.26. The number of nitrogens with zero attached hydrogens (tertiary/aromatic N) is 3. The maximum absolute atomic E-state index is 5.41. The number of unbranched alkanes of at least 4 members (excludes halogenated alkanes) is 2. The Bertz CT molecular complexity index is 272. The van der Waals surface area contributed by atoms with Crippen LogP contribution in [-0.4, -0.2) is 35.7 Å². The number of rotatable bonds is 7. The topological polar surface area (TPSA) is 68.2 Å². The van der Waals surface area contributed by atoms with E-state index in [0.29, 0.717) is 0 Å². The molecule has 1 aromatic heterocycles. The van der Waals surface area contributed by atoms with Crippen molar-refractivity contribution in [1.29, 1.82) is 0 Å². The summed E-state index contributed by atoms with van der Waals surface area (Å²) < 4.78 is 5.13. The molecule has 5 nitrogen and oxygen atoms in total. The van der Waals surface area contributed by atoms with E-state index in [1.807, 2.05) is 19.0 Å². The maximum atomic E-state index is 5.41. The molecule has 0 aliphatic carbocycles. The minimum Gasteiger partial charge on any atom is -0.339 e. The minimum absolute atomic E-state index is 0.728. The highest BCUT2D eigenvalue weighted by atomic mass is 16.5. The van der Waals surface area contributed by atoms with Crippen LogP contribution in [0.15, 0.2) is 4.52 Å². The van der Waals surface area contributed by atoms with Gasteiger partial charge >= 0.3 is 0 Å². The van der Waals surface area contributed by atoms with Crippen LogP contribution >= 0.6 is 0 Å². The fraction of sp³-hybridized carbons (Fsp3) is 0.800. The van der Waals surface area contributed by atoms with Gasteiger partial charge in [0.1, 0.15) is 0 Å². The zero-order valence-electron chi connectivity index (χ0n) is 9.57. The minimum atomic E-state index is 0.728. The van der Waals surface area contributed by atoms with E-state index in [1.54, 1.807) is 0 Å². The van der Waals surface area contributed by atoms with Crippen LogP contribution in [0.3, 0.4) is 0 Å². The quantitative estimate of drug-likeness (QED) is 0.677. The summed E-state index contributed by atoms with van der Waals surface area (Å²) in [7, 11) is 3.97. The lowest BCUT2D eigenvalue weighted by molar-refractivity contribution is 0.347. The monoisotopic (exact) mass is 212 g/mol. The Morgan fingerprint density at radius 3 is 2.73 bits per heavy atom. The maximum Gasteiger partial charge on any atom is 0.226 e. The third-order valence-corrected chi connectivity index (χ3v) is 2.06. The molecule has 0 spiro atoms. The molecule has 0 atom stereocenters. The van der Waals surface area contributed by atoms with Crippen molar-refractivity contribution >= 4 is 0 Å². The molecule has 15 heavy (non-hydrogen) atoms. The summed E-state index contributed by atoms with van der Waals surface area (Å²) in [6.45, 7) is 1.49. The largest absolute Gasteiger partial charge is 0.339 e. The molecule has 0 aliphatic rings. The second-order valence-electron chi connectivity index (χ2n) is 3.94. The second kappa shape index (κ2) is 6.53. The number of aromatic nitrogens is 2. The van der Waals surface area contributed by atoms with Gasteiger partial charge in [0.2, 0.25) is 5.89 Å². The van der Waals surface area contributed by atoms with Gasteiger partial charge in [0.15, 0.2) is 5.82 Å². The van der Waals surface area contributed by atoms with Crippen LogP contribution in [0.1, 0.15) is 31.0 Å². The van der Waals surface area contributed by atoms with E-state index in [1.165, 1.54) is 0 Å². The Labute approximate surface area is 90.6 Å². The van der Waals surface area contributed by atoms with E-state index in [0.717, 1.165) is 50.5 Å². The van der Waals surface area contributed by atoms with Crippen molar-refractivity contribution in [3.63, 3.8) is 0 Å². The fourth-order valence-corrected chi connectivity index (χ4v) is 1.34. The van der Waals surface area contributed by atoms with Gasteiger partial charge in [-0.15, -0.1) is 0 Å². The van der Waals surface area contributed by atoms with Crippen molar-refractivity contribution < 1.29 is 4.52 Å². The lowest BCUT2D eigenvalue weighted by Crippen LogP contribution is -2.11. The van der Waals surface area contributed by atoms with Crippen LogP contribution in [0.2, 0.25) is 0 Å². The number of hydrogen-bond acceptors (Lipinski definition) is 5. The Morgan fingerprint density at radius 2 is 2.07 bits per heavy atom. The average Bonchev–Trinajstić information content (AvgIpc) is 2.59. The average molecular weight is 212 g/mol. The number of hydrogen-bond donors (Lipinski definition) is 1. The van der Waals surface area contributed by atoms with E-state index < -0.39 is 0 Å². The molecule has 86 valence electrons. The van der Waals surface area contributed by atoms with Gasteiger partial charge in [0.25, 0.3) is 0 Å². The zero-order valence-corrected chi connectivity index (χ0v) is 9.57. The first kappa shape index (κ1) is 12.1. The highest BCUT2D eigenvalue weighted by Crippen LogP contribution is 2.05. The summed E-state index contributed by atoms with van der Waals surface area (Å²) >= 11 is 0. The van der Waals surface area contributed by atoms with Gasteiger partial charge < -0.3 is 15.2 Å². The van der Waals surface area contributed by atoms with E-state index >= 15 is 0 Å². The third-order valence-electron chi connectivity index (χ3n) is 2.06. The summed E-state index contributed by atoms with van der Waals surface area (Å²) in [6, 6.07) is 0. The predicted octanol–water partition coefficient (Wildman–Crippen LogP) is 0.803. The van der Waals surface area contributed by atoms with Gasteiger partial charge in [-0.1, -0.05) is 11.6 Å². The standard InChI is InChI=1S/C10H20N4O/c1-14(2)8-9-12-10(15-13-9)6-4-3-5-7-11/h3-8,11H2,1-2H3. The first-order valence-corrected chi connectivity index (χ1v) is 5.38. The Hall–Kier alpha value is -0.940. The van der Waals surface area contributed by atoms with Crippen molar-refractivity contribution in [2.24, 2.45) is 5.73 Å². The molecule has 5 heteroatoms. The molecular weight excluding hydrogens is 192 g/mol. The lowest BCUT2D eigenvalue weighted by atomic mass is 10.2. The van der Waals surface area contributed by atoms with Crippen LogP contribution < -0.4 is 5.73 Å². The van der Waals surface area contributed by atoms with Gasteiger partial charge in [0.05, 0.1) is 6.54 Å². The van der Waals surface area contributed by atoms with Crippen LogP contribution in [0.5, 0.6) is 0 Å². The summed E-state index contributed by atoms with van der Waals surface area (Å²) in [4.78, 5) is 6.31. The van der Waals surface area contributed by atoms with Gasteiger partial charge in [-0.2, -0.15) is 4.98 Å². The lowest BCUT2D eigenvalue weighted by Gasteiger charge is -2.03. The molecule has 0 bridgehead atoms. The van der Waals surface area contributed by atoms with Crippen LogP contribution in [0, 0.1) is 0 Å². The molecular formula is C10H20N4O. The SMILES string of the molecule is CN(C)Cc1noc(CCCCCN)n1. The molecule has 2 N–H and O–H groups in total. The van der Waals surface area contributed by atoms with Crippen LogP contribution in [0.25, 0.3) is 0 Å². The van der Waals surface area contributed by atoms with E-state index in [2.05, 4.69) is 10.1 Å². The first-order chi connectivity index (χ1) is 7.22. The summed E-state index contributed by atoms with van der Waals surface area (Å²) in [5.41, 5.74) is 5.41. The smallest absolute Gasteiger partial charge is 0.226 e. The molecule has 0 fully saturated rings. The van der Waals surface area contributed by atoms with Gasteiger partial charge in [0, 0.05) is 6.42 Å². The van der Waals surface area contributed by atoms with E-state index in [4.69, 9.17) is 10.3 Å². The molecule has 1 rings (SSSR count). The van der Waals surface area contributed by atoms with Crippen molar-refractivity contribution in [3.8, 4) is 0 Å².